The molecule has 0 aliphatic rings. The van der Waals surface area contributed by atoms with E-state index < -0.39 is 56.2 Å². The Morgan fingerprint density at radius 2 is 1.81 bits per heavy atom. The highest BCUT2D eigenvalue weighted by Crippen LogP contribution is 2.35. The van der Waals surface area contributed by atoms with Gasteiger partial charge in [-0.1, -0.05) is 11.6 Å². The smallest absolute Gasteiger partial charge is 0.417 e. The molecule has 1 atom stereocenters. The molecule has 0 aliphatic heterocycles. The Morgan fingerprint density at radius 3 is 2.33 bits per heavy atom. The number of hydrogen-bond donors (Lipinski definition) is 2. The van der Waals surface area contributed by atoms with Gasteiger partial charge in [-0.15, -0.1) is 0 Å². The minimum Gasteiger partial charge on any atom is -0.454 e. The van der Waals surface area contributed by atoms with Gasteiger partial charge in [-0.2, -0.15) is 17.9 Å². The fourth-order valence-electron chi connectivity index (χ4n) is 1.86. The Bertz CT molecular complexity index is 812. The normalized spacial score (nSPS) is 13.3. The molecule has 152 valence electrons. The van der Waals surface area contributed by atoms with Gasteiger partial charge in [0.05, 0.1) is 15.5 Å². The highest BCUT2D eigenvalue weighted by molar-refractivity contribution is 7.89. The van der Waals surface area contributed by atoms with E-state index in [4.69, 9.17) is 11.6 Å². The number of nitrogens with one attached hydrogen (secondary N) is 2. The molecule has 2 N–H and O–H groups in total. The third-order valence-electron chi connectivity index (χ3n) is 3.03. The Labute approximate surface area is 159 Å². The van der Waals surface area contributed by atoms with Gasteiger partial charge in [-0.25, -0.2) is 8.42 Å². The molecule has 0 aliphatic carbocycles. The molecule has 1 aromatic rings. The largest absolute Gasteiger partial charge is 0.454 e. The fraction of sp³-hybridized carbons (Fsp3) is 0.467. The average Bonchev–Trinajstić information content (AvgIpc) is 2.50. The van der Waals surface area contributed by atoms with Crippen LogP contribution < -0.4 is 10.0 Å². The molecular weight excluding hydrogens is 413 g/mol. The second-order valence-corrected chi connectivity index (χ2v) is 7.93. The lowest BCUT2D eigenvalue weighted by molar-refractivity contribution is -0.149. The molecule has 0 unspecified atom stereocenters. The predicted octanol–water partition coefficient (Wildman–Crippen LogP) is 2.09. The minimum atomic E-state index is -4.85. The number of sulfonamides is 1. The number of carbonyl (C=O) groups excluding carboxylic acids is 2. The molecule has 0 radical (unpaired) electrons. The fourth-order valence-corrected chi connectivity index (χ4v) is 3.31. The number of amides is 1. The molecule has 12 heteroatoms. The van der Waals surface area contributed by atoms with Crippen LogP contribution in [-0.2, 0) is 30.5 Å². The van der Waals surface area contributed by atoms with Crippen LogP contribution >= 0.6 is 11.6 Å². The van der Waals surface area contributed by atoms with Crippen LogP contribution in [0.2, 0.25) is 5.02 Å². The number of ether oxygens (including phenoxy) is 1. The van der Waals surface area contributed by atoms with Crippen LogP contribution in [0.15, 0.2) is 23.1 Å². The zero-order valence-corrected chi connectivity index (χ0v) is 16.1. The van der Waals surface area contributed by atoms with E-state index in [0.717, 1.165) is 19.1 Å². The van der Waals surface area contributed by atoms with Crippen molar-refractivity contribution in [3.8, 4) is 0 Å². The average molecular weight is 431 g/mol. The maximum Gasteiger partial charge on any atom is 0.417 e. The van der Waals surface area contributed by atoms with Crippen molar-refractivity contribution in [3.05, 3.63) is 28.8 Å². The quantitative estimate of drug-likeness (QED) is 0.645. The molecule has 0 saturated carbocycles. The predicted molar refractivity (Wildman–Crippen MR) is 90.5 cm³/mol. The molecule has 0 aromatic heterocycles. The lowest BCUT2D eigenvalue weighted by Gasteiger charge is -2.15. The number of alkyl halides is 3. The Balaban J connectivity index is 2.85. The van der Waals surface area contributed by atoms with Gasteiger partial charge in [0.25, 0.3) is 5.91 Å². The van der Waals surface area contributed by atoms with Crippen molar-refractivity contribution in [2.75, 3.05) is 6.61 Å². The van der Waals surface area contributed by atoms with E-state index in [9.17, 15) is 31.2 Å². The number of halogens is 4. The van der Waals surface area contributed by atoms with Crippen LogP contribution in [0, 0.1) is 0 Å². The molecule has 0 saturated heterocycles. The third kappa shape index (κ3) is 7.00. The van der Waals surface area contributed by atoms with E-state index in [0.29, 0.717) is 6.07 Å². The van der Waals surface area contributed by atoms with Gasteiger partial charge in [0.1, 0.15) is 6.04 Å². The monoisotopic (exact) mass is 430 g/mol. The van der Waals surface area contributed by atoms with Crippen molar-refractivity contribution < 1.29 is 35.9 Å². The summed E-state index contributed by atoms with van der Waals surface area (Å²) in [6.07, 6.45) is -4.85. The summed E-state index contributed by atoms with van der Waals surface area (Å²) in [5, 5.41) is 1.80. The van der Waals surface area contributed by atoms with Crippen LogP contribution in [-0.4, -0.2) is 39.0 Å². The van der Waals surface area contributed by atoms with Crippen LogP contribution in [0.4, 0.5) is 13.2 Å². The highest BCUT2D eigenvalue weighted by atomic mass is 35.5. The summed E-state index contributed by atoms with van der Waals surface area (Å²) in [7, 11) is -4.47. The van der Waals surface area contributed by atoms with Crippen molar-refractivity contribution in [1.29, 1.82) is 0 Å². The van der Waals surface area contributed by atoms with Crippen LogP contribution in [0.3, 0.4) is 0 Å². The van der Waals surface area contributed by atoms with Crippen LogP contribution in [0.25, 0.3) is 0 Å². The SMILES string of the molecule is CC(C)NC(=O)COC(=O)[C@@H](C)NS(=O)(=O)c1ccc(Cl)c(C(F)(F)F)c1. The highest BCUT2D eigenvalue weighted by Gasteiger charge is 2.35. The van der Waals surface area contributed by atoms with Crippen LogP contribution in [0.5, 0.6) is 0 Å². The maximum absolute atomic E-state index is 12.9. The molecule has 0 spiro atoms. The van der Waals surface area contributed by atoms with E-state index >= 15 is 0 Å². The van der Waals surface area contributed by atoms with E-state index in [1.54, 1.807) is 13.8 Å². The molecule has 1 rings (SSSR count). The van der Waals surface area contributed by atoms with Crippen molar-refractivity contribution in [2.24, 2.45) is 0 Å². The summed E-state index contributed by atoms with van der Waals surface area (Å²) in [4.78, 5) is 22.5. The van der Waals surface area contributed by atoms with E-state index in [1.165, 1.54) is 0 Å². The summed E-state index contributed by atoms with van der Waals surface area (Å²) in [6, 6.07) is 0.400. The van der Waals surface area contributed by atoms with Crippen molar-refractivity contribution in [2.45, 2.75) is 43.9 Å². The molecule has 1 amide bonds. The summed E-state index contributed by atoms with van der Waals surface area (Å²) >= 11 is 5.45. The molecular formula is C15H18ClF3N2O5S. The Morgan fingerprint density at radius 1 is 1.22 bits per heavy atom. The van der Waals surface area contributed by atoms with E-state index in [1.807, 2.05) is 4.72 Å². The van der Waals surface area contributed by atoms with Gasteiger partial charge < -0.3 is 10.1 Å². The topological polar surface area (TPSA) is 102 Å². The van der Waals surface area contributed by atoms with Crippen molar-refractivity contribution in [3.63, 3.8) is 0 Å². The lowest BCUT2D eigenvalue weighted by atomic mass is 10.2. The number of rotatable bonds is 7. The summed E-state index contributed by atoms with van der Waals surface area (Å²) in [6.45, 7) is 3.89. The molecule has 0 heterocycles. The standard InChI is InChI=1S/C15H18ClF3N2O5S/c1-8(2)20-13(22)7-26-14(23)9(3)21-27(24,25)10-4-5-12(16)11(6-10)15(17,18)19/h4-6,8-9,21H,7H2,1-3H3,(H,20,22)/t9-/m1/s1. The third-order valence-corrected chi connectivity index (χ3v) is 4.90. The van der Waals surface area contributed by atoms with E-state index in [2.05, 4.69) is 10.1 Å². The van der Waals surface area contributed by atoms with E-state index in [-0.39, 0.29) is 6.04 Å². The molecule has 0 bridgehead atoms. The van der Waals surface area contributed by atoms with Crippen molar-refractivity contribution in [1.82, 2.24) is 10.0 Å². The number of esters is 1. The lowest BCUT2D eigenvalue weighted by Crippen LogP contribution is -2.41. The zero-order chi connectivity index (χ0) is 21.0. The Hall–Kier alpha value is -1.85. The van der Waals surface area contributed by atoms with Crippen LogP contribution in [0.1, 0.15) is 26.3 Å². The minimum absolute atomic E-state index is 0.181. The zero-order valence-electron chi connectivity index (χ0n) is 14.6. The first-order valence-electron chi connectivity index (χ1n) is 7.59. The van der Waals surface area contributed by atoms with Gasteiger partial charge >= 0.3 is 12.1 Å². The number of benzene rings is 1. The molecule has 27 heavy (non-hydrogen) atoms. The summed E-state index contributed by atoms with van der Waals surface area (Å²) in [5.41, 5.74) is -1.33. The summed E-state index contributed by atoms with van der Waals surface area (Å²) < 4.78 is 69.6. The molecule has 1 aromatic carbocycles. The van der Waals surface area contributed by atoms with Gasteiger partial charge in [-0.3, -0.25) is 9.59 Å². The maximum atomic E-state index is 12.9. The van der Waals surface area contributed by atoms with Gasteiger partial charge in [-0.05, 0) is 39.0 Å². The second-order valence-electron chi connectivity index (χ2n) is 5.81. The first-order chi connectivity index (χ1) is 12.2. The first-order valence-corrected chi connectivity index (χ1v) is 9.45. The second kappa shape index (κ2) is 8.89. The number of hydrogen-bond acceptors (Lipinski definition) is 5. The van der Waals surface area contributed by atoms with Crippen molar-refractivity contribution >= 4 is 33.5 Å². The molecule has 0 fully saturated rings. The molecule has 7 nitrogen and oxygen atoms in total. The Kier molecular flexibility index (Phi) is 7.64. The summed E-state index contributed by atoms with van der Waals surface area (Å²) in [5.74, 6) is -1.65. The van der Waals surface area contributed by atoms with Gasteiger partial charge in [0.15, 0.2) is 6.61 Å². The number of carbonyl (C=O) groups is 2. The van der Waals surface area contributed by atoms with Gasteiger partial charge in [0.2, 0.25) is 10.0 Å². The first kappa shape index (κ1) is 23.2. The van der Waals surface area contributed by atoms with Gasteiger partial charge in [0, 0.05) is 6.04 Å².